The third kappa shape index (κ3) is 4.51. The number of amides is 3. The number of anilines is 3. The molecule has 0 spiro atoms. The number of aryl methyl sites for hydroxylation is 1. The second kappa shape index (κ2) is 8.49. The molecule has 9 heteroatoms. The number of nitrogens with zero attached hydrogens (tertiary/aromatic N) is 2. The molecule has 0 unspecified atom stereocenters. The zero-order chi connectivity index (χ0) is 22.0. The summed E-state index contributed by atoms with van der Waals surface area (Å²) in [6.07, 6.45) is 0. The fraction of sp³-hybridized carbons (Fsp3) is 0.0455. The van der Waals surface area contributed by atoms with Crippen molar-refractivity contribution in [3.05, 3.63) is 83.9 Å². The highest BCUT2D eigenvalue weighted by atomic mass is 32.1. The molecule has 3 aromatic carbocycles. The van der Waals surface area contributed by atoms with Crippen molar-refractivity contribution in [3.8, 4) is 0 Å². The number of rotatable bonds is 4. The van der Waals surface area contributed by atoms with Gasteiger partial charge in [0.15, 0.2) is 0 Å². The number of H-pyrrole nitrogens is 1. The first-order chi connectivity index (χ1) is 14.9. The van der Waals surface area contributed by atoms with Gasteiger partial charge in [0.2, 0.25) is 0 Å². The second-order valence-electron chi connectivity index (χ2n) is 6.78. The number of halogens is 1. The standard InChI is InChI=1S/C22H18FN5O2S/c1-13-24-19-11-8-15(12-20(19)25-13)27-22(30)28(31)16-9-6-14(7-10-16)26-21(29)17-4-2-3-5-18(17)23/h2-12,31H,1H3,(H,24,25)(H,26,29)(H,27,30). The van der Waals surface area contributed by atoms with Crippen LogP contribution in [-0.2, 0) is 0 Å². The van der Waals surface area contributed by atoms with Crippen LogP contribution in [0.15, 0.2) is 66.7 Å². The zero-order valence-corrected chi connectivity index (χ0v) is 17.3. The summed E-state index contributed by atoms with van der Waals surface area (Å²) >= 11 is 4.26. The molecule has 0 fully saturated rings. The lowest BCUT2D eigenvalue weighted by Crippen LogP contribution is -2.26. The average Bonchev–Trinajstić information content (AvgIpc) is 3.13. The predicted molar refractivity (Wildman–Crippen MR) is 122 cm³/mol. The van der Waals surface area contributed by atoms with Crippen LogP contribution < -0.4 is 14.9 Å². The van der Waals surface area contributed by atoms with Crippen LogP contribution in [-0.4, -0.2) is 21.9 Å². The summed E-state index contributed by atoms with van der Waals surface area (Å²) in [5.74, 6) is -0.370. The molecule has 3 N–H and O–H groups in total. The van der Waals surface area contributed by atoms with Gasteiger partial charge in [0, 0.05) is 11.4 Å². The summed E-state index contributed by atoms with van der Waals surface area (Å²) in [6.45, 7) is 1.86. The van der Waals surface area contributed by atoms with E-state index in [1.165, 1.54) is 18.2 Å². The first kappa shape index (κ1) is 20.4. The first-order valence-corrected chi connectivity index (χ1v) is 9.73. The normalized spacial score (nSPS) is 10.7. The van der Waals surface area contributed by atoms with E-state index in [4.69, 9.17) is 0 Å². The maximum Gasteiger partial charge on any atom is 0.336 e. The Kier molecular flexibility index (Phi) is 5.59. The molecule has 4 aromatic rings. The molecule has 0 saturated heterocycles. The number of benzene rings is 3. The molecule has 0 atom stereocenters. The van der Waals surface area contributed by atoms with Crippen LogP contribution in [0.5, 0.6) is 0 Å². The lowest BCUT2D eigenvalue weighted by Gasteiger charge is -2.17. The lowest BCUT2D eigenvalue weighted by atomic mass is 10.2. The number of nitrogens with one attached hydrogen (secondary N) is 3. The van der Waals surface area contributed by atoms with Crippen molar-refractivity contribution in [2.75, 3.05) is 14.9 Å². The van der Waals surface area contributed by atoms with E-state index in [2.05, 4.69) is 33.4 Å². The molecule has 0 aliphatic carbocycles. The maximum atomic E-state index is 13.7. The number of aromatic nitrogens is 2. The summed E-state index contributed by atoms with van der Waals surface area (Å²) in [6, 6.07) is 17.1. The van der Waals surface area contributed by atoms with Gasteiger partial charge in [0.1, 0.15) is 11.6 Å². The van der Waals surface area contributed by atoms with E-state index >= 15 is 0 Å². The van der Waals surface area contributed by atoms with Crippen molar-refractivity contribution in [2.45, 2.75) is 6.92 Å². The monoisotopic (exact) mass is 435 g/mol. The van der Waals surface area contributed by atoms with Gasteiger partial charge in [0.05, 0.1) is 22.3 Å². The summed E-state index contributed by atoms with van der Waals surface area (Å²) in [5.41, 5.74) is 3.12. The summed E-state index contributed by atoms with van der Waals surface area (Å²) in [7, 11) is 0. The molecule has 3 amide bonds. The van der Waals surface area contributed by atoms with Crippen LogP contribution in [0.25, 0.3) is 11.0 Å². The highest BCUT2D eigenvalue weighted by molar-refractivity contribution is 7.82. The van der Waals surface area contributed by atoms with Crippen LogP contribution in [0.3, 0.4) is 0 Å². The molecule has 1 heterocycles. The number of hydrogen-bond acceptors (Lipinski definition) is 4. The Morgan fingerprint density at radius 2 is 1.71 bits per heavy atom. The number of carbonyl (C=O) groups excluding carboxylic acids is 2. The van der Waals surface area contributed by atoms with Crippen molar-refractivity contribution < 1.29 is 14.0 Å². The Balaban J connectivity index is 1.42. The molecule has 156 valence electrons. The number of aromatic amines is 1. The molecular formula is C22H18FN5O2S. The molecule has 31 heavy (non-hydrogen) atoms. The Hall–Kier alpha value is -3.85. The van der Waals surface area contributed by atoms with Gasteiger partial charge >= 0.3 is 6.03 Å². The van der Waals surface area contributed by atoms with Crippen molar-refractivity contribution in [3.63, 3.8) is 0 Å². The van der Waals surface area contributed by atoms with Gasteiger partial charge in [0.25, 0.3) is 5.91 Å². The molecule has 0 aliphatic rings. The molecule has 4 rings (SSSR count). The Bertz CT molecular complexity index is 1270. The van der Waals surface area contributed by atoms with Gasteiger partial charge in [-0.15, -0.1) is 0 Å². The van der Waals surface area contributed by atoms with E-state index in [9.17, 15) is 14.0 Å². The quantitative estimate of drug-likeness (QED) is 0.334. The van der Waals surface area contributed by atoms with E-state index in [1.807, 2.05) is 13.0 Å². The third-order valence-electron chi connectivity index (χ3n) is 4.53. The van der Waals surface area contributed by atoms with Gasteiger partial charge < -0.3 is 15.6 Å². The Morgan fingerprint density at radius 1 is 1.00 bits per heavy atom. The van der Waals surface area contributed by atoms with Crippen molar-refractivity contribution in [1.82, 2.24) is 9.97 Å². The summed E-state index contributed by atoms with van der Waals surface area (Å²) in [4.78, 5) is 32.2. The number of urea groups is 1. The number of hydrogen-bond donors (Lipinski definition) is 4. The minimum Gasteiger partial charge on any atom is -0.342 e. The number of imidazole rings is 1. The zero-order valence-electron chi connectivity index (χ0n) is 16.4. The Morgan fingerprint density at radius 3 is 2.45 bits per heavy atom. The van der Waals surface area contributed by atoms with Gasteiger partial charge in [-0.25, -0.2) is 18.5 Å². The van der Waals surface area contributed by atoms with E-state index in [0.29, 0.717) is 17.1 Å². The molecule has 0 saturated carbocycles. The van der Waals surface area contributed by atoms with Crippen LogP contribution >= 0.6 is 12.8 Å². The summed E-state index contributed by atoms with van der Waals surface area (Å²) in [5, 5.41) is 5.39. The van der Waals surface area contributed by atoms with Crippen molar-refractivity contribution in [1.29, 1.82) is 0 Å². The molecule has 0 radical (unpaired) electrons. The minimum absolute atomic E-state index is 0.0498. The van der Waals surface area contributed by atoms with Crippen molar-refractivity contribution >= 4 is 52.8 Å². The van der Waals surface area contributed by atoms with E-state index in [-0.39, 0.29) is 5.56 Å². The van der Waals surface area contributed by atoms with E-state index < -0.39 is 17.8 Å². The summed E-state index contributed by atoms with van der Waals surface area (Å²) < 4.78 is 14.9. The Labute approximate surface area is 182 Å². The maximum absolute atomic E-state index is 13.7. The average molecular weight is 435 g/mol. The molecule has 1 aromatic heterocycles. The van der Waals surface area contributed by atoms with E-state index in [0.717, 1.165) is 21.2 Å². The fourth-order valence-electron chi connectivity index (χ4n) is 3.04. The number of fused-ring (bicyclic) bond motifs is 1. The van der Waals surface area contributed by atoms with Gasteiger partial charge in [-0.2, -0.15) is 0 Å². The van der Waals surface area contributed by atoms with Gasteiger partial charge in [-0.1, -0.05) is 24.9 Å². The van der Waals surface area contributed by atoms with Crippen LogP contribution in [0.2, 0.25) is 0 Å². The largest absolute Gasteiger partial charge is 0.342 e. The number of carbonyl (C=O) groups is 2. The highest BCUT2D eigenvalue weighted by Crippen LogP contribution is 2.23. The molecule has 7 nitrogen and oxygen atoms in total. The number of thiol groups is 1. The minimum atomic E-state index is -0.599. The van der Waals surface area contributed by atoms with Crippen molar-refractivity contribution in [2.24, 2.45) is 0 Å². The SMILES string of the molecule is Cc1nc2ccc(NC(=O)N(S)c3ccc(NC(=O)c4ccccc4F)cc3)cc2[nH]1. The van der Waals surface area contributed by atoms with Crippen LogP contribution in [0.4, 0.5) is 26.2 Å². The second-order valence-corrected chi connectivity index (χ2v) is 7.18. The van der Waals surface area contributed by atoms with Crippen LogP contribution in [0, 0.1) is 12.7 Å². The first-order valence-electron chi connectivity index (χ1n) is 9.33. The molecular weight excluding hydrogens is 417 g/mol. The lowest BCUT2D eigenvalue weighted by molar-refractivity contribution is 0.102. The predicted octanol–water partition coefficient (Wildman–Crippen LogP) is 5.15. The van der Waals surface area contributed by atoms with Gasteiger partial charge in [-0.3, -0.25) is 4.79 Å². The molecule has 0 bridgehead atoms. The smallest absolute Gasteiger partial charge is 0.336 e. The van der Waals surface area contributed by atoms with Crippen LogP contribution in [0.1, 0.15) is 16.2 Å². The third-order valence-corrected chi connectivity index (χ3v) is 4.94. The molecule has 0 aliphatic heterocycles. The fourth-order valence-corrected chi connectivity index (χ4v) is 3.22. The highest BCUT2D eigenvalue weighted by Gasteiger charge is 2.14. The topological polar surface area (TPSA) is 90.1 Å². The van der Waals surface area contributed by atoms with E-state index in [1.54, 1.807) is 42.5 Å². The van der Waals surface area contributed by atoms with Gasteiger partial charge in [-0.05, 0) is 61.5 Å².